The molecule has 0 radical (unpaired) electrons. The number of nitrogens with one attached hydrogen (secondary N) is 1. The Labute approximate surface area is 202 Å². The molecule has 2 aliphatic rings. The Hall–Kier alpha value is -3.14. The second-order valence-electron chi connectivity index (χ2n) is 8.18. The summed E-state index contributed by atoms with van der Waals surface area (Å²) in [5.74, 6) is -2.80. The molecule has 0 unspecified atom stereocenters. The zero-order valence-corrected chi connectivity index (χ0v) is 20.4. The number of rotatable bonds is 8. The SMILES string of the molecule is CCSCCOC(=O)C1=C(C)NC2=C(C(=O)[C@@H](C(=O)OC)[C@H](C)C2)[C@H]1c1ccccc1[N+](=O)[O-]. The van der Waals surface area contributed by atoms with E-state index in [0.717, 1.165) is 5.75 Å². The number of Topliss-reactive ketones (excluding diaryl/α,β-unsaturated/α-hetero) is 1. The molecule has 1 aliphatic carbocycles. The van der Waals surface area contributed by atoms with Crippen molar-refractivity contribution in [2.45, 2.75) is 33.1 Å². The number of thioether (sulfide) groups is 1. The van der Waals surface area contributed by atoms with Crippen LogP contribution in [0.3, 0.4) is 0 Å². The topological polar surface area (TPSA) is 125 Å². The summed E-state index contributed by atoms with van der Waals surface area (Å²) in [6.07, 6.45) is 0.352. The summed E-state index contributed by atoms with van der Waals surface area (Å²) < 4.78 is 10.4. The zero-order valence-electron chi connectivity index (χ0n) is 19.6. The highest BCUT2D eigenvalue weighted by Crippen LogP contribution is 2.47. The normalized spacial score (nSPS) is 22.1. The summed E-state index contributed by atoms with van der Waals surface area (Å²) in [4.78, 5) is 50.7. The Morgan fingerprint density at radius 1 is 1.29 bits per heavy atom. The molecular formula is C24H28N2O7S. The van der Waals surface area contributed by atoms with E-state index in [4.69, 9.17) is 9.47 Å². The number of nitro benzene ring substituents is 1. The molecule has 1 N–H and O–H groups in total. The summed E-state index contributed by atoms with van der Waals surface area (Å²) in [5.41, 5.74) is 1.29. The molecule has 1 heterocycles. The average Bonchev–Trinajstić information content (AvgIpc) is 2.80. The predicted octanol–water partition coefficient (Wildman–Crippen LogP) is 3.50. The van der Waals surface area contributed by atoms with Crippen LogP contribution in [-0.2, 0) is 23.9 Å². The van der Waals surface area contributed by atoms with E-state index in [-0.39, 0.29) is 34.9 Å². The van der Waals surface area contributed by atoms with Gasteiger partial charge in [-0.1, -0.05) is 32.0 Å². The number of esters is 2. The van der Waals surface area contributed by atoms with Crippen molar-refractivity contribution in [1.82, 2.24) is 5.32 Å². The third kappa shape index (κ3) is 4.86. The first-order valence-corrected chi connectivity index (χ1v) is 12.2. The minimum Gasteiger partial charge on any atom is -0.468 e. The van der Waals surface area contributed by atoms with Crippen molar-refractivity contribution < 1.29 is 28.8 Å². The molecular weight excluding hydrogens is 460 g/mol. The molecule has 182 valence electrons. The maximum absolute atomic E-state index is 13.7. The number of hydrogen-bond acceptors (Lipinski definition) is 9. The summed E-state index contributed by atoms with van der Waals surface area (Å²) in [6.45, 7) is 5.62. The van der Waals surface area contributed by atoms with Crippen LogP contribution < -0.4 is 5.32 Å². The van der Waals surface area contributed by atoms with Crippen molar-refractivity contribution in [3.8, 4) is 0 Å². The largest absolute Gasteiger partial charge is 0.468 e. The van der Waals surface area contributed by atoms with Crippen molar-refractivity contribution in [2.24, 2.45) is 11.8 Å². The van der Waals surface area contributed by atoms with E-state index in [1.165, 1.54) is 25.3 Å². The van der Waals surface area contributed by atoms with E-state index in [9.17, 15) is 24.5 Å². The molecule has 1 aromatic rings. The van der Waals surface area contributed by atoms with Gasteiger partial charge in [0.2, 0.25) is 0 Å². The van der Waals surface area contributed by atoms with E-state index in [1.54, 1.807) is 31.7 Å². The molecule has 1 aliphatic heterocycles. The number of nitro groups is 1. The van der Waals surface area contributed by atoms with Crippen LogP contribution in [0.2, 0.25) is 0 Å². The van der Waals surface area contributed by atoms with Crippen molar-refractivity contribution in [1.29, 1.82) is 0 Å². The highest BCUT2D eigenvalue weighted by atomic mass is 32.2. The Morgan fingerprint density at radius 2 is 2.00 bits per heavy atom. The lowest BCUT2D eigenvalue weighted by Gasteiger charge is -2.38. The lowest BCUT2D eigenvalue weighted by molar-refractivity contribution is -0.385. The smallest absolute Gasteiger partial charge is 0.336 e. The molecule has 0 saturated heterocycles. The van der Waals surface area contributed by atoms with Crippen LogP contribution in [0.5, 0.6) is 0 Å². The quantitative estimate of drug-likeness (QED) is 0.192. The van der Waals surface area contributed by atoms with Crippen LogP contribution in [0.25, 0.3) is 0 Å². The molecule has 10 heteroatoms. The Kier molecular flexibility index (Phi) is 8.14. The van der Waals surface area contributed by atoms with Crippen LogP contribution in [0.1, 0.15) is 38.7 Å². The summed E-state index contributed by atoms with van der Waals surface area (Å²) >= 11 is 1.61. The number of nitrogens with zero attached hydrogens (tertiary/aromatic N) is 1. The minimum atomic E-state index is -1.06. The lowest BCUT2D eigenvalue weighted by Crippen LogP contribution is -2.43. The van der Waals surface area contributed by atoms with E-state index >= 15 is 0 Å². The maximum Gasteiger partial charge on any atom is 0.336 e. The van der Waals surface area contributed by atoms with Crippen molar-refractivity contribution in [3.05, 3.63) is 62.5 Å². The number of benzene rings is 1. The fourth-order valence-corrected chi connectivity index (χ4v) is 5.07. The Balaban J connectivity index is 2.16. The van der Waals surface area contributed by atoms with Gasteiger partial charge in [-0.05, 0) is 25.0 Å². The van der Waals surface area contributed by atoms with Gasteiger partial charge < -0.3 is 14.8 Å². The summed E-state index contributed by atoms with van der Waals surface area (Å²) in [6, 6.07) is 6.01. The second-order valence-corrected chi connectivity index (χ2v) is 9.58. The predicted molar refractivity (Wildman–Crippen MR) is 127 cm³/mol. The number of para-hydroxylation sites is 1. The first-order valence-electron chi connectivity index (χ1n) is 11.0. The van der Waals surface area contributed by atoms with Gasteiger partial charge in [0.25, 0.3) is 5.69 Å². The van der Waals surface area contributed by atoms with Crippen LogP contribution in [0.15, 0.2) is 46.8 Å². The number of carbonyl (C=O) groups is 3. The highest BCUT2D eigenvalue weighted by Gasteiger charge is 2.48. The number of allylic oxidation sites excluding steroid dienone is 3. The van der Waals surface area contributed by atoms with Gasteiger partial charge in [-0.15, -0.1) is 0 Å². The number of hydrogen-bond donors (Lipinski definition) is 1. The van der Waals surface area contributed by atoms with Gasteiger partial charge in [0, 0.05) is 34.3 Å². The number of carbonyl (C=O) groups excluding carboxylic acids is 3. The molecule has 1 aromatic carbocycles. The third-order valence-electron chi connectivity index (χ3n) is 6.07. The van der Waals surface area contributed by atoms with Crippen molar-refractivity contribution in [3.63, 3.8) is 0 Å². The fourth-order valence-electron chi connectivity index (χ4n) is 4.58. The monoisotopic (exact) mass is 488 g/mol. The standard InChI is InChI=1S/C24H28N2O7S/c1-5-34-11-10-33-24(29)19-14(3)25-16-12-13(2)18(23(28)32-4)22(27)21(16)20(19)15-8-6-7-9-17(15)26(30)31/h6-9,13,18,20,25H,5,10-12H2,1-4H3/t13-,18+,20+/m1/s1. The molecule has 9 nitrogen and oxygen atoms in total. The molecule has 0 fully saturated rings. The average molecular weight is 489 g/mol. The minimum absolute atomic E-state index is 0.126. The summed E-state index contributed by atoms with van der Waals surface area (Å²) in [5, 5.41) is 15.0. The molecule has 0 amide bonds. The Bertz CT molecular complexity index is 1080. The zero-order chi connectivity index (χ0) is 25.0. The molecule has 0 saturated carbocycles. The van der Waals surface area contributed by atoms with E-state index in [1.807, 2.05) is 6.92 Å². The Morgan fingerprint density at radius 3 is 2.65 bits per heavy atom. The van der Waals surface area contributed by atoms with Gasteiger partial charge in [0.1, 0.15) is 12.5 Å². The number of ketones is 1. The fraction of sp³-hybridized carbons (Fsp3) is 0.458. The van der Waals surface area contributed by atoms with Gasteiger partial charge in [-0.25, -0.2) is 4.79 Å². The molecule has 3 rings (SSSR count). The molecule has 3 atom stereocenters. The van der Waals surface area contributed by atoms with E-state index < -0.39 is 34.5 Å². The summed E-state index contributed by atoms with van der Waals surface area (Å²) in [7, 11) is 1.21. The third-order valence-corrected chi connectivity index (χ3v) is 6.94. The highest BCUT2D eigenvalue weighted by molar-refractivity contribution is 7.99. The van der Waals surface area contributed by atoms with Gasteiger partial charge in [0.05, 0.1) is 23.5 Å². The van der Waals surface area contributed by atoms with Gasteiger partial charge >= 0.3 is 11.9 Å². The second kappa shape index (κ2) is 10.9. The molecule has 34 heavy (non-hydrogen) atoms. The van der Waals surface area contributed by atoms with Gasteiger partial charge in [-0.3, -0.25) is 19.7 Å². The van der Waals surface area contributed by atoms with E-state index in [2.05, 4.69) is 5.32 Å². The number of dihydropyridines is 1. The number of ether oxygens (including phenoxy) is 2. The first kappa shape index (κ1) is 25.5. The number of methoxy groups -OCH3 is 1. The lowest BCUT2D eigenvalue weighted by atomic mass is 9.69. The van der Waals surface area contributed by atoms with Crippen LogP contribution in [-0.4, -0.2) is 47.9 Å². The first-order chi connectivity index (χ1) is 16.2. The van der Waals surface area contributed by atoms with Gasteiger partial charge in [0.15, 0.2) is 5.78 Å². The molecule has 0 spiro atoms. The van der Waals surface area contributed by atoms with Gasteiger partial charge in [-0.2, -0.15) is 11.8 Å². The maximum atomic E-state index is 13.7. The van der Waals surface area contributed by atoms with Crippen molar-refractivity contribution in [2.75, 3.05) is 25.2 Å². The van der Waals surface area contributed by atoms with Crippen LogP contribution in [0.4, 0.5) is 5.69 Å². The molecule has 0 aromatic heterocycles. The van der Waals surface area contributed by atoms with Crippen molar-refractivity contribution >= 4 is 35.2 Å². The van der Waals surface area contributed by atoms with E-state index in [0.29, 0.717) is 23.6 Å². The van der Waals surface area contributed by atoms with Crippen LogP contribution in [0, 0.1) is 22.0 Å². The van der Waals surface area contributed by atoms with Crippen LogP contribution >= 0.6 is 11.8 Å². The molecule has 0 bridgehead atoms.